The number of aromatic nitrogens is 1. The number of halogens is 1. The maximum Gasteiger partial charge on any atom is 0.0994 e. The van der Waals surface area contributed by atoms with E-state index in [1.54, 1.807) is 0 Å². The molecule has 1 fully saturated rings. The van der Waals surface area contributed by atoms with Crippen LogP contribution < -0.4 is 0 Å². The van der Waals surface area contributed by atoms with Gasteiger partial charge in [-0.1, -0.05) is 60.2 Å². The Morgan fingerprint density at radius 2 is 1.75 bits per heavy atom. The molecule has 1 aliphatic heterocycles. The zero-order chi connectivity index (χ0) is 16.4. The molecule has 1 unspecified atom stereocenters. The minimum atomic E-state index is 0.304. The largest absolute Gasteiger partial charge is 0.369 e. The lowest BCUT2D eigenvalue weighted by Gasteiger charge is -2.00. The minimum Gasteiger partial charge on any atom is -0.369 e. The van der Waals surface area contributed by atoms with E-state index in [0.717, 1.165) is 28.8 Å². The number of ether oxygens (including phenoxy) is 1. The summed E-state index contributed by atoms with van der Waals surface area (Å²) in [7, 11) is 0. The lowest BCUT2D eigenvalue weighted by Crippen LogP contribution is -1.83. The standard InChI is InChI=1S/C21H16ClNO/c22-18-8-6-17-7-10-19(23-21(17)13-18)9-4-15-2-1-3-16(12-15)5-11-20-14-24-20/h1-13,20H,14H2/b9-4+,11-5+. The molecule has 0 radical (unpaired) electrons. The van der Waals surface area contributed by atoms with Crippen LogP contribution in [0.2, 0.25) is 5.02 Å². The molecule has 0 N–H and O–H groups in total. The molecule has 1 atom stereocenters. The third kappa shape index (κ3) is 3.73. The number of rotatable bonds is 4. The Morgan fingerprint density at radius 1 is 0.958 bits per heavy atom. The van der Waals surface area contributed by atoms with Crippen LogP contribution in [-0.2, 0) is 4.74 Å². The molecule has 1 aromatic heterocycles. The Morgan fingerprint density at radius 3 is 2.58 bits per heavy atom. The van der Waals surface area contributed by atoms with E-state index >= 15 is 0 Å². The first-order chi connectivity index (χ1) is 11.8. The number of benzene rings is 2. The molecular weight excluding hydrogens is 318 g/mol. The van der Waals surface area contributed by atoms with E-state index in [-0.39, 0.29) is 0 Å². The van der Waals surface area contributed by atoms with E-state index in [1.165, 1.54) is 5.56 Å². The second-order valence-electron chi connectivity index (χ2n) is 5.81. The highest BCUT2D eigenvalue weighted by Gasteiger charge is 2.17. The second-order valence-corrected chi connectivity index (χ2v) is 6.24. The SMILES string of the molecule is Clc1ccc2ccc(/C=C/c3cccc(/C=C/C4CO4)c3)nc2c1. The molecule has 24 heavy (non-hydrogen) atoms. The summed E-state index contributed by atoms with van der Waals surface area (Å²) in [6.07, 6.45) is 8.59. The van der Waals surface area contributed by atoms with Crippen molar-refractivity contribution in [3.8, 4) is 0 Å². The predicted octanol–water partition coefficient (Wildman–Crippen LogP) is 5.47. The van der Waals surface area contributed by atoms with Crippen molar-refractivity contribution >= 4 is 40.7 Å². The zero-order valence-electron chi connectivity index (χ0n) is 13.0. The van der Waals surface area contributed by atoms with Crippen molar-refractivity contribution in [3.63, 3.8) is 0 Å². The van der Waals surface area contributed by atoms with Crippen molar-refractivity contribution in [2.75, 3.05) is 6.61 Å². The zero-order valence-corrected chi connectivity index (χ0v) is 13.8. The highest BCUT2D eigenvalue weighted by molar-refractivity contribution is 6.31. The van der Waals surface area contributed by atoms with Crippen molar-refractivity contribution < 1.29 is 4.74 Å². The second kappa shape index (κ2) is 6.60. The molecule has 0 amide bonds. The van der Waals surface area contributed by atoms with E-state index in [0.29, 0.717) is 11.1 Å². The average Bonchev–Trinajstić information content (AvgIpc) is 3.42. The molecular formula is C21H16ClNO. The Labute approximate surface area is 146 Å². The summed E-state index contributed by atoms with van der Waals surface area (Å²) in [4.78, 5) is 4.64. The van der Waals surface area contributed by atoms with Crippen LogP contribution in [0.5, 0.6) is 0 Å². The molecule has 1 saturated heterocycles. The van der Waals surface area contributed by atoms with Gasteiger partial charge in [-0.05, 0) is 41.5 Å². The third-order valence-corrected chi connectivity index (χ3v) is 4.13. The maximum atomic E-state index is 6.04. The monoisotopic (exact) mass is 333 g/mol. The fourth-order valence-corrected chi connectivity index (χ4v) is 2.70. The molecule has 2 heterocycles. The molecule has 0 spiro atoms. The number of epoxide rings is 1. The summed E-state index contributed by atoms with van der Waals surface area (Å²) in [5.41, 5.74) is 4.13. The van der Waals surface area contributed by atoms with Crippen molar-refractivity contribution in [2.45, 2.75) is 6.10 Å². The van der Waals surface area contributed by atoms with Crippen LogP contribution in [-0.4, -0.2) is 17.7 Å². The van der Waals surface area contributed by atoms with Gasteiger partial charge in [-0.3, -0.25) is 0 Å². The Kier molecular flexibility index (Phi) is 4.16. The van der Waals surface area contributed by atoms with Gasteiger partial charge in [0.2, 0.25) is 0 Å². The van der Waals surface area contributed by atoms with Gasteiger partial charge < -0.3 is 4.74 Å². The van der Waals surface area contributed by atoms with Crippen LogP contribution in [0.1, 0.15) is 16.8 Å². The van der Waals surface area contributed by atoms with Gasteiger partial charge in [0.25, 0.3) is 0 Å². The molecule has 3 heteroatoms. The third-order valence-electron chi connectivity index (χ3n) is 3.90. The van der Waals surface area contributed by atoms with Crippen LogP contribution in [0.4, 0.5) is 0 Å². The van der Waals surface area contributed by atoms with Crippen molar-refractivity contribution in [2.24, 2.45) is 0 Å². The van der Waals surface area contributed by atoms with E-state index in [4.69, 9.17) is 16.3 Å². The summed E-state index contributed by atoms with van der Waals surface area (Å²) in [6.45, 7) is 0.841. The minimum absolute atomic E-state index is 0.304. The van der Waals surface area contributed by atoms with Crippen molar-refractivity contribution in [3.05, 3.63) is 82.5 Å². The summed E-state index contributed by atoms with van der Waals surface area (Å²) in [6, 6.07) is 18.2. The molecule has 3 aromatic rings. The van der Waals surface area contributed by atoms with E-state index in [1.807, 2.05) is 30.3 Å². The quantitative estimate of drug-likeness (QED) is 0.591. The summed E-state index contributed by atoms with van der Waals surface area (Å²) in [5.74, 6) is 0. The van der Waals surface area contributed by atoms with Gasteiger partial charge in [0, 0.05) is 10.4 Å². The molecule has 2 aromatic carbocycles. The normalized spacial score (nSPS) is 17.1. The van der Waals surface area contributed by atoms with Crippen LogP contribution in [0, 0.1) is 0 Å². The molecule has 0 saturated carbocycles. The van der Waals surface area contributed by atoms with E-state index in [9.17, 15) is 0 Å². The number of hydrogen-bond acceptors (Lipinski definition) is 2. The lowest BCUT2D eigenvalue weighted by atomic mass is 10.1. The molecule has 0 bridgehead atoms. The van der Waals surface area contributed by atoms with Crippen LogP contribution in [0.3, 0.4) is 0 Å². The molecule has 118 valence electrons. The van der Waals surface area contributed by atoms with E-state index < -0.39 is 0 Å². The number of fused-ring (bicyclic) bond motifs is 1. The van der Waals surface area contributed by atoms with Gasteiger partial charge in [0.15, 0.2) is 0 Å². The Balaban J connectivity index is 1.56. The van der Waals surface area contributed by atoms with E-state index in [2.05, 4.69) is 53.5 Å². The number of nitrogens with zero attached hydrogens (tertiary/aromatic N) is 1. The van der Waals surface area contributed by atoms with Gasteiger partial charge in [-0.2, -0.15) is 0 Å². The predicted molar refractivity (Wildman–Crippen MR) is 101 cm³/mol. The summed E-state index contributed by atoms with van der Waals surface area (Å²) < 4.78 is 5.19. The average molecular weight is 334 g/mol. The molecule has 0 aliphatic carbocycles. The molecule has 1 aliphatic rings. The van der Waals surface area contributed by atoms with Gasteiger partial charge in [-0.15, -0.1) is 0 Å². The van der Waals surface area contributed by atoms with Gasteiger partial charge in [-0.25, -0.2) is 4.98 Å². The van der Waals surface area contributed by atoms with Gasteiger partial charge in [0.05, 0.1) is 23.9 Å². The smallest absolute Gasteiger partial charge is 0.0994 e. The first kappa shape index (κ1) is 15.1. The first-order valence-corrected chi connectivity index (χ1v) is 8.28. The Hall–Kier alpha value is -2.42. The number of hydrogen-bond donors (Lipinski definition) is 0. The number of pyridine rings is 1. The fraction of sp³-hybridized carbons (Fsp3) is 0.0952. The summed E-state index contributed by atoms with van der Waals surface area (Å²) in [5, 5.41) is 1.79. The van der Waals surface area contributed by atoms with Gasteiger partial charge >= 0.3 is 0 Å². The van der Waals surface area contributed by atoms with Gasteiger partial charge in [0.1, 0.15) is 0 Å². The summed E-state index contributed by atoms with van der Waals surface area (Å²) >= 11 is 6.04. The highest BCUT2D eigenvalue weighted by atomic mass is 35.5. The maximum absolute atomic E-state index is 6.04. The van der Waals surface area contributed by atoms with Crippen LogP contribution >= 0.6 is 11.6 Å². The highest BCUT2D eigenvalue weighted by Crippen LogP contribution is 2.19. The topological polar surface area (TPSA) is 25.4 Å². The molecule has 2 nitrogen and oxygen atoms in total. The molecule has 4 rings (SSSR count). The van der Waals surface area contributed by atoms with Crippen LogP contribution in [0.25, 0.3) is 29.1 Å². The first-order valence-electron chi connectivity index (χ1n) is 7.90. The van der Waals surface area contributed by atoms with Crippen molar-refractivity contribution in [1.82, 2.24) is 4.98 Å². The lowest BCUT2D eigenvalue weighted by molar-refractivity contribution is 0.440. The van der Waals surface area contributed by atoms with Crippen molar-refractivity contribution in [1.29, 1.82) is 0 Å². The van der Waals surface area contributed by atoms with Crippen LogP contribution in [0.15, 0.2) is 60.7 Å². The fourth-order valence-electron chi connectivity index (χ4n) is 2.53. The Bertz CT molecular complexity index is 941.